The zero-order chi connectivity index (χ0) is 14.4. The molecule has 0 amide bonds. The van der Waals surface area contributed by atoms with Gasteiger partial charge in [-0.2, -0.15) is 0 Å². The third-order valence-corrected chi connectivity index (χ3v) is 2.68. The molecule has 1 heterocycles. The van der Waals surface area contributed by atoms with Crippen LogP contribution >= 0.6 is 0 Å². The number of carbonyl (C=O) groups excluding carboxylic acids is 1. The van der Waals surface area contributed by atoms with Crippen molar-refractivity contribution in [2.24, 2.45) is 0 Å². The van der Waals surface area contributed by atoms with Gasteiger partial charge in [0, 0.05) is 12.7 Å². The Kier molecular flexibility index (Phi) is 4.62. The molecule has 2 N–H and O–H groups in total. The quantitative estimate of drug-likeness (QED) is 0.801. The maximum absolute atomic E-state index is 11.3. The van der Waals surface area contributed by atoms with Crippen LogP contribution in [0.4, 0.5) is 5.82 Å². The Morgan fingerprint density at radius 1 is 1.35 bits per heavy atom. The molecule has 6 nitrogen and oxygen atoms in total. The lowest BCUT2D eigenvalue weighted by molar-refractivity contribution is 0.0587. The van der Waals surface area contributed by atoms with Gasteiger partial charge in [0.25, 0.3) is 0 Å². The number of benzene rings is 1. The van der Waals surface area contributed by atoms with E-state index >= 15 is 0 Å². The monoisotopic (exact) mass is 273 g/mol. The van der Waals surface area contributed by atoms with Crippen LogP contribution in [-0.4, -0.2) is 34.7 Å². The molecule has 0 aliphatic rings. The summed E-state index contributed by atoms with van der Waals surface area (Å²) >= 11 is 0. The van der Waals surface area contributed by atoms with Gasteiger partial charge in [0.15, 0.2) is 0 Å². The zero-order valence-corrected chi connectivity index (χ0v) is 11.0. The fourth-order valence-electron chi connectivity index (χ4n) is 1.64. The van der Waals surface area contributed by atoms with Crippen molar-refractivity contribution in [3.63, 3.8) is 0 Å². The summed E-state index contributed by atoms with van der Waals surface area (Å²) < 4.78 is 4.55. The number of anilines is 1. The van der Waals surface area contributed by atoms with Crippen LogP contribution in [0.15, 0.2) is 42.6 Å². The minimum atomic E-state index is -0.659. The Labute approximate surface area is 116 Å². The Hall–Kier alpha value is -2.47. The van der Waals surface area contributed by atoms with Gasteiger partial charge in [0.1, 0.15) is 5.82 Å². The number of hydrogen-bond acceptors (Lipinski definition) is 6. The van der Waals surface area contributed by atoms with Gasteiger partial charge in [-0.05, 0) is 11.6 Å². The summed E-state index contributed by atoms with van der Waals surface area (Å²) in [4.78, 5) is 19.1. The molecule has 1 atom stereocenters. The molecule has 2 rings (SSSR count). The SMILES string of the molecule is COC(=O)c1nccc(NCC(O)c2ccccc2)n1. The van der Waals surface area contributed by atoms with Gasteiger partial charge >= 0.3 is 5.97 Å². The van der Waals surface area contributed by atoms with Gasteiger partial charge in [-0.1, -0.05) is 30.3 Å². The third-order valence-electron chi connectivity index (χ3n) is 2.68. The molecule has 0 radical (unpaired) electrons. The van der Waals surface area contributed by atoms with E-state index in [9.17, 15) is 9.90 Å². The molecule has 1 unspecified atom stereocenters. The first-order chi connectivity index (χ1) is 9.70. The van der Waals surface area contributed by atoms with Crippen LogP contribution in [0.5, 0.6) is 0 Å². The van der Waals surface area contributed by atoms with Crippen molar-refractivity contribution in [2.45, 2.75) is 6.10 Å². The first-order valence-electron chi connectivity index (χ1n) is 6.09. The van der Waals surface area contributed by atoms with E-state index in [2.05, 4.69) is 20.0 Å². The number of esters is 1. The Bertz CT molecular complexity index is 575. The lowest BCUT2D eigenvalue weighted by atomic mass is 10.1. The molecule has 0 aliphatic heterocycles. The van der Waals surface area contributed by atoms with Gasteiger partial charge in [0.05, 0.1) is 13.2 Å². The second kappa shape index (κ2) is 6.63. The predicted molar refractivity (Wildman–Crippen MR) is 73.3 cm³/mol. The highest BCUT2D eigenvalue weighted by Gasteiger charge is 2.11. The summed E-state index contributed by atoms with van der Waals surface area (Å²) in [5, 5.41) is 13.0. The van der Waals surface area contributed by atoms with Crippen molar-refractivity contribution in [3.05, 3.63) is 54.0 Å². The molecule has 0 bridgehead atoms. The van der Waals surface area contributed by atoms with E-state index < -0.39 is 12.1 Å². The fourth-order valence-corrected chi connectivity index (χ4v) is 1.64. The Balaban J connectivity index is 1.99. The lowest BCUT2D eigenvalue weighted by Gasteiger charge is -2.12. The molecule has 0 aliphatic carbocycles. The van der Waals surface area contributed by atoms with Gasteiger partial charge in [-0.25, -0.2) is 14.8 Å². The van der Waals surface area contributed by atoms with Crippen molar-refractivity contribution in [3.8, 4) is 0 Å². The molecule has 0 saturated heterocycles. The normalized spacial score (nSPS) is 11.7. The number of rotatable bonds is 5. The molecular formula is C14H15N3O3. The van der Waals surface area contributed by atoms with Crippen LogP contribution < -0.4 is 5.32 Å². The standard InChI is InChI=1S/C14H15N3O3/c1-20-14(19)13-15-8-7-12(17-13)16-9-11(18)10-5-3-2-4-6-10/h2-8,11,18H,9H2,1H3,(H,15,16,17). The highest BCUT2D eigenvalue weighted by molar-refractivity contribution is 5.85. The lowest BCUT2D eigenvalue weighted by Crippen LogP contribution is -2.15. The van der Waals surface area contributed by atoms with E-state index in [1.54, 1.807) is 6.07 Å². The van der Waals surface area contributed by atoms with Crippen LogP contribution in [0, 0.1) is 0 Å². The molecule has 104 valence electrons. The maximum Gasteiger partial charge on any atom is 0.376 e. The van der Waals surface area contributed by atoms with Gasteiger partial charge in [0.2, 0.25) is 5.82 Å². The number of carbonyl (C=O) groups is 1. The van der Waals surface area contributed by atoms with Crippen molar-refractivity contribution in [2.75, 3.05) is 19.0 Å². The number of nitrogens with zero attached hydrogens (tertiary/aromatic N) is 2. The predicted octanol–water partition coefficient (Wildman–Crippen LogP) is 1.41. The topological polar surface area (TPSA) is 84.3 Å². The molecule has 0 spiro atoms. The van der Waals surface area contributed by atoms with Crippen molar-refractivity contribution < 1.29 is 14.6 Å². The van der Waals surface area contributed by atoms with Gasteiger partial charge in [-0.3, -0.25) is 0 Å². The van der Waals surface area contributed by atoms with E-state index in [0.717, 1.165) is 5.56 Å². The summed E-state index contributed by atoms with van der Waals surface area (Å²) in [6.45, 7) is 0.279. The minimum Gasteiger partial charge on any atom is -0.463 e. The number of aliphatic hydroxyl groups is 1. The fraction of sp³-hybridized carbons (Fsp3) is 0.214. The largest absolute Gasteiger partial charge is 0.463 e. The summed E-state index contributed by atoms with van der Waals surface area (Å²) in [5.41, 5.74) is 0.808. The first kappa shape index (κ1) is 14.0. The smallest absolute Gasteiger partial charge is 0.376 e. The number of nitrogens with one attached hydrogen (secondary N) is 1. The van der Waals surface area contributed by atoms with E-state index in [1.165, 1.54) is 13.3 Å². The summed E-state index contributed by atoms with van der Waals surface area (Å²) in [6.07, 6.45) is 0.795. The van der Waals surface area contributed by atoms with E-state index in [1.807, 2.05) is 30.3 Å². The molecule has 2 aromatic rings. The molecule has 6 heteroatoms. The van der Waals surface area contributed by atoms with E-state index in [0.29, 0.717) is 5.82 Å². The molecule has 0 saturated carbocycles. The average Bonchev–Trinajstić information content (AvgIpc) is 2.53. The Morgan fingerprint density at radius 2 is 2.10 bits per heavy atom. The first-order valence-corrected chi connectivity index (χ1v) is 6.09. The van der Waals surface area contributed by atoms with E-state index in [4.69, 9.17) is 0 Å². The second-order valence-electron chi connectivity index (χ2n) is 4.06. The number of hydrogen-bond donors (Lipinski definition) is 2. The molecule has 0 fully saturated rings. The molecule has 1 aromatic carbocycles. The van der Waals surface area contributed by atoms with Crippen LogP contribution in [0.2, 0.25) is 0 Å². The highest BCUT2D eigenvalue weighted by Crippen LogP contribution is 2.13. The van der Waals surface area contributed by atoms with Crippen molar-refractivity contribution in [1.82, 2.24) is 9.97 Å². The number of aromatic nitrogens is 2. The number of methoxy groups -OCH3 is 1. The number of ether oxygens (including phenoxy) is 1. The molecule has 1 aromatic heterocycles. The summed E-state index contributed by atoms with van der Waals surface area (Å²) in [7, 11) is 1.27. The van der Waals surface area contributed by atoms with Gasteiger partial charge < -0.3 is 15.2 Å². The summed E-state index contributed by atoms with van der Waals surface area (Å²) in [6, 6.07) is 10.9. The minimum absolute atomic E-state index is 0.0216. The maximum atomic E-state index is 11.3. The zero-order valence-electron chi connectivity index (χ0n) is 11.0. The average molecular weight is 273 g/mol. The van der Waals surface area contributed by atoms with Crippen molar-refractivity contribution >= 4 is 11.8 Å². The summed E-state index contributed by atoms with van der Waals surface area (Å²) in [5.74, 6) is -0.167. The molecule has 20 heavy (non-hydrogen) atoms. The van der Waals surface area contributed by atoms with E-state index in [-0.39, 0.29) is 12.4 Å². The van der Waals surface area contributed by atoms with Crippen molar-refractivity contribution in [1.29, 1.82) is 0 Å². The van der Waals surface area contributed by atoms with Crippen LogP contribution in [0.25, 0.3) is 0 Å². The highest BCUT2D eigenvalue weighted by atomic mass is 16.5. The Morgan fingerprint density at radius 3 is 2.80 bits per heavy atom. The third kappa shape index (κ3) is 3.52. The number of aliphatic hydroxyl groups excluding tert-OH is 1. The molecular weight excluding hydrogens is 258 g/mol. The van der Waals surface area contributed by atoms with Crippen LogP contribution in [0.3, 0.4) is 0 Å². The van der Waals surface area contributed by atoms with Crippen LogP contribution in [-0.2, 0) is 4.74 Å². The van der Waals surface area contributed by atoms with Crippen LogP contribution in [0.1, 0.15) is 22.3 Å². The second-order valence-corrected chi connectivity index (χ2v) is 4.06. The van der Waals surface area contributed by atoms with Gasteiger partial charge in [-0.15, -0.1) is 0 Å².